The molecule has 0 saturated carbocycles. The molecule has 1 aromatic heterocycles. The first-order chi connectivity index (χ1) is 17.9. The summed E-state index contributed by atoms with van der Waals surface area (Å²) in [5.41, 5.74) is 1.96. The molecule has 38 heavy (non-hydrogen) atoms. The highest BCUT2D eigenvalue weighted by Crippen LogP contribution is 2.40. The third-order valence-electron chi connectivity index (χ3n) is 7.93. The smallest absolute Gasteiger partial charge is 0.213 e. The van der Waals surface area contributed by atoms with Crippen molar-refractivity contribution in [2.24, 2.45) is 5.92 Å². The number of nitrogens with zero attached hydrogens (tertiary/aromatic N) is 2. The number of hydrogen-bond donors (Lipinski definition) is 0. The molecule has 4 nitrogen and oxygen atoms in total. The first-order valence-electron chi connectivity index (χ1n) is 13.1. The Bertz CT molecular complexity index is 1210. The van der Waals surface area contributed by atoms with Gasteiger partial charge in [-0.05, 0) is 47.5 Å². The van der Waals surface area contributed by atoms with Crippen molar-refractivity contribution in [1.29, 1.82) is 0 Å². The molecule has 1 aliphatic rings. The van der Waals surface area contributed by atoms with Gasteiger partial charge in [-0.1, -0.05) is 68.8 Å². The van der Waals surface area contributed by atoms with Crippen LogP contribution >= 0.6 is 11.6 Å². The fraction of sp³-hybridized carbons (Fsp3) is 0.433. The van der Waals surface area contributed by atoms with Crippen molar-refractivity contribution < 1.29 is 17.9 Å². The molecule has 204 valence electrons. The first kappa shape index (κ1) is 28.7. The molecule has 8 heteroatoms. The lowest BCUT2D eigenvalue weighted by atomic mass is 9.85. The largest absolute Gasteiger partial charge is 0.472 e. The average Bonchev–Trinajstić information content (AvgIpc) is 3.28. The van der Waals surface area contributed by atoms with Crippen molar-refractivity contribution >= 4 is 19.9 Å². The predicted molar refractivity (Wildman–Crippen MR) is 151 cm³/mol. The van der Waals surface area contributed by atoms with Crippen LogP contribution in [0.4, 0.5) is 8.78 Å². The van der Waals surface area contributed by atoms with Crippen molar-refractivity contribution in [2.75, 3.05) is 19.7 Å². The number of rotatable bonds is 9. The van der Waals surface area contributed by atoms with E-state index in [1.807, 2.05) is 18.2 Å². The molecule has 2 aromatic carbocycles. The minimum atomic E-state index is -2.09. The van der Waals surface area contributed by atoms with Crippen LogP contribution in [0.1, 0.15) is 37.8 Å². The van der Waals surface area contributed by atoms with E-state index >= 15 is 0 Å². The number of ether oxygens (including phenoxy) is 1. The zero-order valence-corrected chi connectivity index (χ0v) is 24.5. The molecule has 0 aliphatic carbocycles. The van der Waals surface area contributed by atoms with Gasteiger partial charge in [0.1, 0.15) is 6.10 Å². The molecule has 1 saturated heterocycles. The minimum Gasteiger partial charge on any atom is -0.472 e. The number of benzene rings is 2. The zero-order valence-electron chi connectivity index (χ0n) is 22.8. The molecule has 0 radical (unpaired) electrons. The van der Waals surface area contributed by atoms with Gasteiger partial charge < -0.3 is 9.16 Å². The van der Waals surface area contributed by atoms with E-state index in [2.05, 4.69) is 55.9 Å². The van der Waals surface area contributed by atoms with E-state index in [-0.39, 0.29) is 23.0 Å². The highest BCUT2D eigenvalue weighted by atomic mass is 35.5. The van der Waals surface area contributed by atoms with Gasteiger partial charge in [-0.25, -0.2) is 13.8 Å². The number of pyridine rings is 1. The topological polar surface area (TPSA) is 34.6 Å². The van der Waals surface area contributed by atoms with Crippen LogP contribution in [-0.2, 0) is 11.0 Å². The van der Waals surface area contributed by atoms with Crippen molar-refractivity contribution in [2.45, 2.75) is 57.5 Å². The summed E-state index contributed by atoms with van der Waals surface area (Å²) < 4.78 is 41.4. The second-order valence-electron chi connectivity index (χ2n) is 11.7. The summed E-state index contributed by atoms with van der Waals surface area (Å²) in [4.78, 5) is 6.72. The van der Waals surface area contributed by atoms with Crippen LogP contribution in [0.5, 0.6) is 5.88 Å². The van der Waals surface area contributed by atoms with Gasteiger partial charge in [-0.3, -0.25) is 4.90 Å². The molecule has 0 amide bonds. The first-order valence-corrected chi connectivity index (χ1v) is 16.3. The van der Waals surface area contributed by atoms with Crippen molar-refractivity contribution in [3.8, 4) is 5.88 Å². The lowest BCUT2D eigenvalue weighted by Crippen LogP contribution is -2.45. The normalized spacial score (nSPS) is 19.5. The quantitative estimate of drug-likeness (QED) is 0.252. The number of likely N-dealkylation sites (tertiary alicyclic amines) is 1. The molecule has 0 bridgehead atoms. The van der Waals surface area contributed by atoms with Gasteiger partial charge in [0.15, 0.2) is 20.0 Å². The van der Waals surface area contributed by atoms with Gasteiger partial charge in [0.05, 0.1) is 11.6 Å². The van der Waals surface area contributed by atoms with Crippen LogP contribution in [0.15, 0.2) is 66.9 Å². The summed E-state index contributed by atoms with van der Waals surface area (Å²) >= 11 is 6.06. The Morgan fingerprint density at radius 3 is 2.39 bits per heavy atom. The summed E-state index contributed by atoms with van der Waals surface area (Å²) in [5, 5.41) is 0.561. The van der Waals surface area contributed by atoms with Crippen LogP contribution in [0.2, 0.25) is 23.2 Å². The van der Waals surface area contributed by atoms with E-state index in [0.29, 0.717) is 24.1 Å². The molecule has 3 atom stereocenters. The maximum Gasteiger partial charge on any atom is 0.213 e. The monoisotopic (exact) mass is 558 g/mol. The second-order valence-corrected chi connectivity index (χ2v) is 16.9. The summed E-state index contributed by atoms with van der Waals surface area (Å²) in [6.07, 6.45) is 1.21. The number of hydrogen-bond acceptors (Lipinski definition) is 4. The van der Waals surface area contributed by atoms with Crippen molar-refractivity contribution in [3.05, 3.63) is 94.6 Å². The Morgan fingerprint density at radius 2 is 1.76 bits per heavy atom. The lowest BCUT2D eigenvalue weighted by Gasteiger charge is -2.38. The van der Waals surface area contributed by atoms with E-state index in [1.165, 1.54) is 17.7 Å². The van der Waals surface area contributed by atoms with Crippen molar-refractivity contribution in [1.82, 2.24) is 9.88 Å². The molecule has 0 unspecified atom stereocenters. The Balaban J connectivity index is 1.66. The van der Waals surface area contributed by atoms with Gasteiger partial charge in [0.25, 0.3) is 0 Å². The Kier molecular flexibility index (Phi) is 8.92. The van der Waals surface area contributed by atoms with Crippen LogP contribution in [-0.4, -0.2) is 44.0 Å². The Hall–Kier alpha value is -2.32. The number of halogens is 3. The lowest BCUT2D eigenvalue weighted by molar-refractivity contribution is 0.0650. The summed E-state index contributed by atoms with van der Waals surface area (Å²) in [5.74, 6) is -1.33. The Labute approximate surface area is 231 Å². The predicted octanol–water partition coefficient (Wildman–Crippen LogP) is 7.70. The molecule has 4 rings (SSSR count). The minimum absolute atomic E-state index is 0.0323. The fourth-order valence-corrected chi connectivity index (χ4v) is 5.82. The van der Waals surface area contributed by atoms with E-state index in [0.717, 1.165) is 18.7 Å². The summed E-state index contributed by atoms with van der Waals surface area (Å²) in [6, 6.07) is 18.0. The van der Waals surface area contributed by atoms with E-state index < -0.39 is 20.0 Å². The molecular formula is C30H37ClF2N2O2Si. The summed E-state index contributed by atoms with van der Waals surface area (Å²) in [6.45, 7) is 13.6. The van der Waals surface area contributed by atoms with Crippen LogP contribution in [0.25, 0.3) is 0 Å². The van der Waals surface area contributed by atoms with Gasteiger partial charge in [0, 0.05) is 43.7 Å². The van der Waals surface area contributed by atoms with Crippen LogP contribution < -0.4 is 4.74 Å². The fourth-order valence-electron chi connectivity index (χ4n) is 4.70. The van der Waals surface area contributed by atoms with E-state index in [9.17, 15) is 8.78 Å². The average molecular weight is 559 g/mol. The third kappa shape index (κ3) is 7.00. The third-order valence-corrected chi connectivity index (χ3v) is 12.7. The van der Waals surface area contributed by atoms with E-state index in [1.54, 1.807) is 24.4 Å². The highest BCUT2D eigenvalue weighted by molar-refractivity contribution is 6.74. The maximum absolute atomic E-state index is 14.4. The van der Waals surface area contributed by atoms with Gasteiger partial charge in [0.2, 0.25) is 5.88 Å². The SMILES string of the molecule is CC(C)(C)[Si](C)(C)OC[C@H](Oc1ccc(Cl)cn1)[C@H]1CN(Cc2ccccc2)C[C@@H]1c1ccc(F)c(F)c1. The van der Waals surface area contributed by atoms with Crippen LogP contribution in [0, 0.1) is 17.6 Å². The molecular weight excluding hydrogens is 522 g/mol. The molecule has 1 aliphatic heterocycles. The van der Waals surface area contributed by atoms with Gasteiger partial charge in [-0.15, -0.1) is 0 Å². The van der Waals surface area contributed by atoms with Gasteiger partial charge in [-0.2, -0.15) is 0 Å². The molecule has 3 aromatic rings. The summed E-state index contributed by atoms with van der Waals surface area (Å²) in [7, 11) is -2.09. The molecule has 1 fully saturated rings. The van der Waals surface area contributed by atoms with Gasteiger partial charge >= 0.3 is 0 Å². The maximum atomic E-state index is 14.4. The second kappa shape index (κ2) is 11.8. The molecule has 0 spiro atoms. The van der Waals surface area contributed by atoms with Crippen LogP contribution in [0.3, 0.4) is 0 Å². The highest BCUT2D eigenvalue weighted by Gasteiger charge is 2.43. The standard InChI is InChI=1S/C30H37ClF2N2O2Si/c1-30(2,3)38(4,5)36-20-28(37-29-14-12-23(31)16-34-29)25-19-35(17-21-9-7-6-8-10-21)18-24(25)22-11-13-26(32)27(33)15-22/h6-16,24-25,28H,17-20H2,1-5H3/t24-,25+,28+/m1/s1. The molecule has 2 heterocycles. The van der Waals surface area contributed by atoms with Crippen molar-refractivity contribution in [3.63, 3.8) is 0 Å². The number of aromatic nitrogens is 1. The Morgan fingerprint density at radius 1 is 1.03 bits per heavy atom. The van der Waals surface area contributed by atoms with E-state index in [4.69, 9.17) is 20.8 Å². The molecule has 0 N–H and O–H groups in total. The zero-order chi connectivity index (χ0) is 27.5.